The lowest BCUT2D eigenvalue weighted by atomic mass is 9.86. The van der Waals surface area contributed by atoms with Crippen LogP contribution in [0.25, 0.3) is 0 Å². The second-order valence-electron chi connectivity index (χ2n) is 6.13. The van der Waals surface area contributed by atoms with Gasteiger partial charge in [-0.25, -0.2) is 4.39 Å². The average Bonchev–Trinajstić information content (AvgIpc) is 2.42. The van der Waals surface area contributed by atoms with Crippen LogP contribution in [0.15, 0.2) is 18.2 Å². The van der Waals surface area contributed by atoms with Crippen molar-refractivity contribution in [2.45, 2.75) is 38.6 Å². The quantitative estimate of drug-likeness (QED) is 0.839. The first-order valence-corrected chi connectivity index (χ1v) is 7.51. The maximum atomic E-state index is 13.6. The molecule has 0 aromatic heterocycles. The van der Waals surface area contributed by atoms with Crippen LogP contribution in [0, 0.1) is 11.7 Å². The van der Waals surface area contributed by atoms with E-state index in [-0.39, 0.29) is 18.1 Å². The second kappa shape index (κ2) is 6.89. The number of nitrogens with zero attached hydrogens (tertiary/aromatic N) is 1. The first kappa shape index (κ1) is 15.8. The number of nitrogens with two attached hydrogens (primary N) is 1. The molecule has 0 aliphatic heterocycles. The number of nitrogens with one attached hydrogen (secondary N) is 1. The Morgan fingerprint density at radius 3 is 2.95 bits per heavy atom. The van der Waals surface area contributed by atoms with E-state index in [1.165, 1.54) is 31.0 Å². The van der Waals surface area contributed by atoms with Crippen molar-refractivity contribution in [3.63, 3.8) is 0 Å². The largest absolute Gasteiger partial charge is 0.399 e. The third-order valence-corrected chi connectivity index (χ3v) is 4.19. The van der Waals surface area contributed by atoms with Crippen LogP contribution < -0.4 is 11.1 Å². The number of carbonyl (C=O) groups is 1. The molecule has 1 aromatic carbocycles. The third-order valence-electron chi connectivity index (χ3n) is 4.19. The summed E-state index contributed by atoms with van der Waals surface area (Å²) in [5.41, 5.74) is 6.18. The third kappa shape index (κ3) is 4.43. The number of likely N-dealkylation sites (N-methyl/N-ethyl adjacent to an activating group) is 1. The fraction of sp³-hybridized carbons (Fsp3) is 0.562. The molecule has 1 aliphatic carbocycles. The summed E-state index contributed by atoms with van der Waals surface area (Å²) in [6, 6.07) is 4.61. The summed E-state index contributed by atoms with van der Waals surface area (Å²) >= 11 is 0. The Morgan fingerprint density at radius 1 is 1.48 bits per heavy atom. The number of anilines is 2. The van der Waals surface area contributed by atoms with Gasteiger partial charge < -0.3 is 11.1 Å². The Labute approximate surface area is 125 Å². The molecule has 0 saturated heterocycles. The van der Waals surface area contributed by atoms with E-state index in [1.807, 2.05) is 7.05 Å². The molecule has 1 aromatic rings. The van der Waals surface area contributed by atoms with Gasteiger partial charge in [0.2, 0.25) is 5.91 Å². The fourth-order valence-corrected chi connectivity index (χ4v) is 2.99. The molecule has 5 heteroatoms. The van der Waals surface area contributed by atoms with Crippen LogP contribution in [0.5, 0.6) is 0 Å². The van der Waals surface area contributed by atoms with Gasteiger partial charge >= 0.3 is 0 Å². The molecule has 0 spiro atoms. The number of halogens is 1. The highest BCUT2D eigenvalue weighted by molar-refractivity contribution is 5.92. The zero-order chi connectivity index (χ0) is 15.4. The molecule has 3 N–H and O–H groups in total. The van der Waals surface area contributed by atoms with Crippen molar-refractivity contribution in [1.82, 2.24) is 4.90 Å². The van der Waals surface area contributed by atoms with Crippen LogP contribution in [0.3, 0.4) is 0 Å². The van der Waals surface area contributed by atoms with E-state index in [2.05, 4.69) is 17.1 Å². The van der Waals surface area contributed by atoms with Crippen molar-refractivity contribution >= 4 is 17.3 Å². The molecule has 1 aliphatic rings. The average molecular weight is 293 g/mol. The van der Waals surface area contributed by atoms with Gasteiger partial charge in [-0.15, -0.1) is 0 Å². The lowest BCUT2D eigenvalue weighted by Gasteiger charge is -2.33. The van der Waals surface area contributed by atoms with E-state index < -0.39 is 5.82 Å². The summed E-state index contributed by atoms with van der Waals surface area (Å²) in [5.74, 6) is 0.0346. The Kier molecular flexibility index (Phi) is 5.17. The molecular formula is C16H24FN3O. The van der Waals surface area contributed by atoms with Gasteiger partial charge in [0.1, 0.15) is 5.82 Å². The Bertz CT molecular complexity index is 506. The monoisotopic (exact) mass is 293 g/mol. The van der Waals surface area contributed by atoms with Crippen molar-refractivity contribution in [3.05, 3.63) is 24.0 Å². The van der Waals surface area contributed by atoms with Gasteiger partial charge in [-0.3, -0.25) is 9.69 Å². The van der Waals surface area contributed by atoms with E-state index in [0.29, 0.717) is 17.6 Å². The van der Waals surface area contributed by atoms with Crippen LogP contribution in [-0.2, 0) is 4.79 Å². The summed E-state index contributed by atoms with van der Waals surface area (Å²) in [6.45, 7) is 2.52. The van der Waals surface area contributed by atoms with Gasteiger partial charge in [0.15, 0.2) is 0 Å². The molecule has 1 fully saturated rings. The molecule has 0 radical (unpaired) electrons. The molecular weight excluding hydrogens is 269 g/mol. The number of hydrogen-bond acceptors (Lipinski definition) is 3. The van der Waals surface area contributed by atoms with E-state index in [9.17, 15) is 9.18 Å². The maximum Gasteiger partial charge on any atom is 0.238 e. The lowest BCUT2D eigenvalue weighted by Crippen LogP contribution is -2.40. The van der Waals surface area contributed by atoms with Crippen LogP contribution in [0.2, 0.25) is 0 Å². The summed E-state index contributed by atoms with van der Waals surface area (Å²) < 4.78 is 13.6. The van der Waals surface area contributed by atoms with Gasteiger partial charge in [0, 0.05) is 11.7 Å². The van der Waals surface area contributed by atoms with E-state index in [4.69, 9.17) is 5.73 Å². The van der Waals surface area contributed by atoms with Crippen molar-refractivity contribution < 1.29 is 9.18 Å². The summed E-state index contributed by atoms with van der Waals surface area (Å²) in [6.07, 6.45) is 4.73. The topological polar surface area (TPSA) is 58.4 Å². The van der Waals surface area contributed by atoms with E-state index in [0.717, 1.165) is 12.8 Å². The number of rotatable bonds is 4. The van der Waals surface area contributed by atoms with Crippen LogP contribution in [-0.4, -0.2) is 30.4 Å². The number of benzene rings is 1. The molecule has 116 valence electrons. The van der Waals surface area contributed by atoms with Gasteiger partial charge in [-0.2, -0.15) is 0 Å². The minimum atomic E-state index is -0.466. The molecule has 2 atom stereocenters. The summed E-state index contributed by atoms with van der Waals surface area (Å²) in [5, 5.41) is 2.60. The van der Waals surface area contributed by atoms with Crippen molar-refractivity contribution in [1.29, 1.82) is 0 Å². The smallest absolute Gasteiger partial charge is 0.238 e. The Hall–Kier alpha value is -1.62. The number of hydrogen-bond donors (Lipinski definition) is 2. The van der Waals surface area contributed by atoms with Gasteiger partial charge in [0.25, 0.3) is 0 Å². The number of carbonyl (C=O) groups excluding carboxylic acids is 1. The highest BCUT2D eigenvalue weighted by Gasteiger charge is 2.23. The molecule has 1 saturated carbocycles. The zero-order valence-electron chi connectivity index (χ0n) is 12.7. The van der Waals surface area contributed by atoms with E-state index >= 15 is 0 Å². The molecule has 4 nitrogen and oxygen atoms in total. The first-order chi connectivity index (χ1) is 9.95. The van der Waals surface area contributed by atoms with Gasteiger partial charge in [-0.1, -0.05) is 19.8 Å². The van der Waals surface area contributed by atoms with E-state index in [1.54, 1.807) is 0 Å². The highest BCUT2D eigenvalue weighted by atomic mass is 19.1. The Morgan fingerprint density at radius 2 is 2.24 bits per heavy atom. The fourth-order valence-electron chi connectivity index (χ4n) is 2.99. The summed E-state index contributed by atoms with van der Waals surface area (Å²) in [7, 11) is 1.96. The number of amides is 1. The van der Waals surface area contributed by atoms with Crippen LogP contribution in [0.4, 0.5) is 15.8 Å². The molecule has 21 heavy (non-hydrogen) atoms. The first-order valence-electron chi connectivity index (χ1n) is 7.51. The number of nitrogen functional groups attached to an aromatic ring is 1. The molecule has 0 heterocycles. The maximum absolute atomic E-state index is 13.6. The van der Waals surface area contributed by atoms with Crippen molar-refractivity contribution in [2.75, 3.05) is 24.6 Å². The van der Waals surface area contributed by atoms with Crippen LogP contribution in [0.1, 0.15) is 32.6 Å². The van der Waals surface area contributed by atoms with Gasteiger partial charge in [-0.05, 0) is 44.0 Å². The predicted molar refractivity (Wildman–Crippen MR) is 83.5 cm³/mol. The van der Waals surface area contributed by atoms with Crippen LogP contribution >= 0.6 is 0 Å². The lowest BCUT2D eigenvalue weighted by molar-refractivity contribution is -0.117. The molecule has 2 rings (SSSR count). The zero-order valence-corrected chi connectivity index (χ0v) is 12.7. The van der Waals surface area contributed by atoms with Gasteiger partial charge in [0.05, 0.1) is 12.2 Å². The molecule has 0 bridgehead atoms. The normalized spacial score (nSPS) is 22.3. The second-order valence-corrected chi connectivity index (χ2v) is 6.13. The highest BCUT2D eigenvalue weighted by Crippen LogP contribution is 2.26. The minimum absolute atomic E-state index is 0.144. The molecule has 1 amide bonds. The minimum Gasteiger partial charge on any atom is -0.399 e. The molecule has 2 unspecified atom stereocenters. The standard InChI is InChI=1S/C16H24FN3O/c1-11-4-3-5-13(8-11)20(2)10-16(21)19-15-9-12(18)6-7-14(15)17/h6-7,9,11,13H,3-5,8,10,18H2,1-2H3,(H,19,21). The predicted octanol–water partition coefficient (Wildman–Crippen LogP) is 2.86. The SMILES string of the molecule is CC1CCCC(N(C)CC(=O)Nc2cc(N)ccc2F)C1. The summed E-state index contributed by atoms with van der Waals surface area (Å²) in [4.78, 5) is 14.1. The Balaban J connectivity index is 1.90. The van der Waals surface area contributed by atoms with Crippen molar-refractivity contribution in [3.8, 4) is 0 Å². The van der Waals surface area contributed by atoms with Crippen molar-refractivity contribution in [2.24, 2.45) is 5.92 Å².